The summed E-state index contributed by atoms with van der Waals surface area (Å²) in [5.74, 6) is 1.07. The molecule has 0 aliphatic heterocycles. The van der Waals surface area contributed by atoms with Crippen LogP contribution in [0.15, 0.2) is 42.5 Å². The molecule has 0 heterocycles. The Kier molecular flexibility index (Phi) is 5.13. The van der Waals surface area contributed by atoms with Gasteiger partial charge in [0.2, 0.25) is 0 Å². The number of ether oxygens (including phenoxy) is 1. The van der Waals surface area contributed by atoms with Crippen LogP contribution in [0, 0.1) is 0 Å². The molecule has 2 rings (SSSR count). The van der Waals surface area contributed by atoms with E-state index in [0.29, 0.717) is 18.2 Å². The van der Waals surface area contributed by atoms with E-state index < -0.39 is 0 Å². The van der Waals surface area contributed by atoms with Crippen molar-refractivity contribution in [2.45, 2.75) is 19.9 Å². The standard InChI is InChI=1S/C16H18ClNO2/c1-2-9-20-16-8-5-13(17)10-15(16)18-11-12-3-6-14(19)7-4-12/h3-8,10,18-19H,2,9,11H2,1H3. The van der Waals surface area contributed by atoms with Crippen LogP contribution < -0.4 is 10.1 Å². The van der Waals surface area contributed by atoms with Gasteiger partial charge in [0.05, 0.1) is 12.3 Å². The van der Waals surface area contributed by atoms with Crippen molar-refractivity contribution >= 4 is 17.3 Å². The van der Waals surface area contributed by atoms with E-state index in [4.69, 9.17) is 16.3 Å². The molecular weight excluding hydrogens is 274 g/mol. The SMILES string of the molecule is CCCOc1ccc(Cl)cc1NCc1ccc(O)cc1. The zero-order valence-corrected chi connectivity index (χ0v) is 12.2. The molecular formula is C16H18ClNO2. The summed E-state index contributed by atoms with van der Waals surface area (Å²) in [7, 11) is 0. The van der Waals surface area contributed by atoms with E-state index in [1.54, 1.807) is 12.1 Å². The highest BCUT2D eigenvalue weighted by molar-refractivity contribution is 6.30. The zero-order valence-electron chi connectivity index (χ0n) is 11.4. The minimum Gasteiger partial charge on any atom is -0.508 e. The Labute approximate surface area is 124 Å². The van der Waals surface area contributed by atoms with Gasteiger partial charge in [-0.15, -0.1) is 0 Å². The van der Waals surface area contributed by atoms with Crippen LogP contribution in [0.1, 0.15) is 18.9 Å². The maximum Gasteiger partial charge on any atom is 0.142 e. The lowest BCUT2D eigenvalue weighted by Gasteiger charge is -2.13. The van der Waals surface area contributed by atoms with E-state index >= 15 is 0 Å². The molecule has 0 aliphatic carbocycles. The average molecular weight is 292 g/mol. The summed E-state index contributed by atoms with van der Waals surface area (Å²) in [4.78, 5) is 0. The van der Waals surface area contributed by atoms with Gasteiger partial charge in [-0.2, -0.15) is 0 Å². The number of hydrogen-bond donors (Lipinski definition) is 2. The van der Waals surface area contributed by atoms with Crippen LogP contribution in [-0.2, 0) is 6.54 Å². The second-order valence-corrected chi connectivity index (χ2v) is 4.95. The van der Waals surface area contributed by atoms with Crippen molar-refractivity contribution in [2.24, 2.45) is 0 Å². The molecule has 0 spiro atoms. The van der Waals surface area contributed by atoms with Crippen LogP contribution >= 0.6 is 11.6 Å². The summed E-state index contributed by atoms with van der Waals surface area (Å²) >= 11 is 6.02. The molecule has 0 fully saturated rings. The van der Waals surface area contributed by atoms with E-state index in [0.717, 1.165) is 23.4 Å². The zero-order chi connectivity index (χ0) is 14.4. The highest BCUT2D eigenvalue weighted by Crippen LogP contribution is 2.28. The monoisotopic (exact) mass is 291 g/mol. The van der Waals surface area contributed by atoms with Crippen LogP contribution in [-0.4, -0.2) is 11.7 Å². The minimum absolute atomic E-state index is 0.267. The predicted octanol–water partition coefficient (Wildman–Crippen LogP) is 4.45. The number of benzene rings is 2. The lowest BCUT2D eigenvalue weighted by molar-refractivity contribution is 0.319. The molecule has 0 aromatic heterocycles. The van der Waals surface area contributed by atoms with E-state index in [1.807, 2.05) is 30.3 Å². The van der Waals surface area contributed by atoms with Crippen LogP contribution in [0.3, 0.4) is 0 Å². The second kappa shape index (κ2) is 7.06. The molecule has 0 saturated heterocycles. The van der Waals surface area contributed by atoms with Crippen LogP contribution in [0.2, 0.25) is 5.02 Å². The number of halogens is 1. The van der Waals surface area contributed by atoms with Gasteiger partial charge >= 0.3 is 0 Å². The number of anilines is 1. The van der Waals surface area contributed by atoms with E-state index in [-0.39, 0.29) is 5.75 Å². The summed E-state index contributed by atoms with van der Waals surface area (Å²) in [6, 6.07) is 12.6. The van der Waals surface area contributed by atoms with Crippen molar-refractivity contribution in [1.82, 2.24) is 0 Å². The van der Waals surface area contributed by atoms with Gasteiger partial charge in [0, 0.05) is 11.6 Å². The topological polar surface area (TPSA) is 41.5 Å². The molecule has 3 nitrogen and oxygen atoms in total. The van der Waals surface area contributed by atoms with Crippen molar-refractivity contribution in [3.05, 3.63) is 53.1 Å². The maximum atomic E-state index is 9.26. The quantitative estimate of drug-likeness (QED) is 0.826. The molecule has 0 saturated carbocycles. The molecule has 0 unspecified atom stereocenters. The van der Waals surface area contributed by atoms with Gasteiger partial charge in [-0.05, 0) is 42.3 Å². The number of hydrogen-bond acceptors (Lipinski definition) is 3. The van der Waals surface area contributed by atoms with E-state index in [2.05, 4.69) is 12.2 Å². The van der Waals surface area contributed by atoms with E-state index in [9.17, 15) is 5.11 Å². The molecule has 0 aliphatic rings. The molecule has 20 heavy (non-hydrogen) atoms. The first kappa shape index (κ1) is 14.5. The number of aromatic hydroxyl groups is 1. The molecule has 2 N–H and O–H groups in total. The fraction of sp³-hybridized carbons (Fsp3) is 0.250. The molecule has 0 amide bonds. The number of nitrogens with one attached hydrogen (secondary N) is 1. The first-order chi connectivity index (χ1) is 9.69. The predicted molar refractivity (Wildman–Crippen MR) is 82.7 cm³/mol. The Balaban J connectivity index is 2.07. The fourth-order valence-electron chi connectivity index (χ4n) is 1.79. The van der Waals surface area contributed by atoms with Crippen molar-refractivity contribution in [2.75, 3.05) is 11.9 Å². The lowest BCUT2D eigenvalue weighted by Crippen LogP contribution is -2.03. The maximum absolute atomic E-state index is 9.26. The molecule has 4 heteroatoms. The normalized spacial score (nSPS) is 10.3. The van der Waals surface area contributed by atoms with Crippen LogP contribution in [0.4, 0.5) is 5.69 Å². The third-order valence-corrected chi connectivity index (χ3v) is 3.06. The Morgan fingerprint density at radius 1 is 1.15 bits per heavy atom. The van der Waals surface area contributed by atoms with Gasteiger partial charge < -0.3 is 15.2 Å². The molecule has 106 valence electrons. The largest absolute Gasteiger partial charge is 0.508 e. The number of rotatable bonds is 6. The average Bonchev–Trinajstić information content (AvgIpc) is 2.46. The number of phenols is 1. The van der Waals surface area contributed by atoms with Crippen LogP contribution in [0.5, 0.6) is 11.5 Å². The lowest BCUT2D eigenvalue weighted by atomic mass is 10.2. The van der Waals surface area contributed by atoms with Crippen molar-refractivity contribution in [1.29, 1.82) is 0 Å². The van der Waals surface area contributed by atoms with Gasteiger partial charge in [0.15, 0.2) is 0 Å². The first-order valence-corrected chi connectivity index (χ1v) is 7.01. The molecule has 2 aromatic carbocycles. The second-order valence-electron chi connectivity index (χ2n) is 4.51. The summed E-state index contributed by atoms with van der Waals surface area (Å²) < 4.78 is 5.69. The highest BCUT2D eigenvalue weighted by Gasteiger charge is 2.04. The van der Waals surface area contributed by atoms with E-state index in [1.165, 1.54) is 0 Å². The Hall–Kier alpha value is -1.87. The summed E-state index contributed by atoms with van der Waals surface area (Å²) in [6.45, 7) is 3.39. The molecule has 0 atom stereocenters. The van der Waals surface area contributed by atoms with Gasteiger partial charge in [-0.1, -0.05) is 30.7 Å². The van der Waals surface area contributed by atoms with Gasteiger partial charge in [0.1, 0.15) is 11.5 Å². The minimum atomic E-state index is 0.267. The molecule has 2 aromatic rings. The molecule has 0 radical (unpaired) electrons. The first-order valence-electron chi connectivity index (χ1n) is 6.63. The van der Waals surface area contributed by atoms with Crippen molar-refractivity contribution in [3.63, 3.8) is 0 Å². The summed E-state index contributed by atoms with van der Waals surface area (Å²) in [6.07, 6.45) is 0.958. The van der Waals surface area contributed by atoms with Crippen molar-refractivity contribution < 1.29 is 9.84 Å². The number of phenolic OH excluding ortho intramolecular Hbond substituents is 1. The van der Waals surface area contributed by atoms with Gasteiger partial charge in [-0.25, -0.2) is 0 Å². The Bertz CT molecular complexity index is 555. The fourth-order valence-corrected chi connectivity index (χ4v) is 1.96. The summed E-state index contributed by atoms with van der Waals surface area (Å²) in [5, 5.41) is 13.2. The van der Waals surface area contributed by atoms with Crippen LogP contribution in [0.25, 0.3) is 0 Å². The third-order valence-electron chi connectivity index (χ3n) is 2.82. The highest BCUT2D eigenvalue weighted by atomic mass is 35.5. The van der Waals surface area contributed by atoms with Crippen molar-refractivity contribution in [3.8, 4) is 11.5 Å². The smallest absolute Gasteiger partial charge is 0.142 e. The molecule has 0 bridgehead atoms. The Morgan fingerprint density at radius 2 is 1.90 bits per heavy atom. The van der Waals surface area contributed by atoms with Gasteiger partial charge in [-0.3, -0.25) is 0 Å². The summed E-state index contributed by atoms with van der Waals surface area (Å²) in [5.41, 5.74) is 1.95. The Morgan fingerprint density at radius 3 is 2.60 bits per heavy atom. The third kappa shape index (κ3) is 4.07. The van der Waals surface area contributed by atoms with Gasteiger partial charge in [0.25, 0.3) is 0 Å².